The summed E-state index contributed by atoms with van der Waals surface area (Å²) in [6, 6.07) is 75.7. The molecule has 9 aromatic carbocycles. The van der Waals surface area contributed by atoms with Gasteiger partial charge in [0, 0.05) is 55.0 Å². The summed E-state index contributed by atoms with van der Waals surface area (Å²) in [5.41, 5.74) is 17.0. The van der Waals surface area contributed by atoms with Crippen LogP contribution in [0.5, 0.6) is 0 Å². The van der Waals surface area contributed by atoms with Gasteiger partial charge in [-0.25, -0.2) is 15.0 Å². The lowest BCUT2D eigenvalue weighted by Crippen LogP contribution is -2.01. The summed E-state index contributed by atoms with van der Waals surface area (Å²) in [5.74, 6) is 1.89. The summed E-state index contributed by atoms with van der Waals surface area (Å²) < 4.78 is 4.90. The Morgan fingerprint density at radius 2 is 0.758 bits per heavy atom. The van der Waals surface area contributed by atoms with E-state index in [1.807, 2.05) is 24.3 Å². The second kappa shape index (κ2) is 13.6. The predicted octanol–water partition coefficient (Wildman–Crippen LogP) is 14.4. The molecule has 0 amide bonds. The van der Waals surface area contributed by atoms with E-state index in [1.54, 1.807) is 0 Å². The molecule has 5 nitrogen and oxygen atoms in total. The number of para-hydroxylation sites is 3. The Hall–Kier alpha value is -8.41. The smallest absolute Gasteiger partial charge is 0.164 e. The standard InChI is InChI=1S/C57H35N5/c1-3-15-36(16-4-1)37-29-31-39(32-30-37)56-58-55(38-17-5-2-6-18-38)59-57(60-56)40-19-13-20-41(33-40)61-50-27-11-10-24-45(50)48-34-53-49(35-52(48)61)47-26-14-25-46-43-22-8-7-21-42(43)44-23-9-12-28-51(44)62(53)54(46)47/h1-35H. The highest BCUT2D eigenvalue weighted by Crippen LogP contribution is 2.48. The van der Waals surface area contributed by atoms with Gasteiger partial charge in [-0.05, 0) is 58.7 Å². The molecule has 13 rings (SSSR count). The molecule has 0 saturated heterocycles. The minimum absolute atomic E-state index is 0.620. The van der Waals surface area contributed by atoms with Crippen molar-refractivity contribution in [1.29, 1.82) is 0 Å². The summed E-state index contributed by atoms with van der Waals surface area (Å²) >= 11 is 0. The first-order valence-electron chi connectivity index (χ1n) is 21.0. The Bertz CT molecular complexity index is 3730. The molecule has 0 N–H and O–H groups in total. The SMILES string of the molecule is c1ccc(-c2ccc(-c3nc(-c4ccccc4)nc(-c4cccc(-n5c6ccccc6c6cc7c(cc65)c5cccc6c5n7-c5ccccc5-c5ccccc5-6)c4)n3)cc2)cc1. The van der Waals surface area contributed by atoms with Gasteiger partial charge in [-0.15, -0.1) is 0 Å². The Labute approximate surface area is 357 Å². The highest BCUT2D eigenvalue weighted by atomic mass is 15.0. The quantitative estimate of drug-likeness (QED) is 0.174. The first-order valence-corrected chi connectivity index (χ1v) is 21.0. The van der Waals surface area contributed by atoms with E-state index < -0.39 is 0 Å². The van der Waals surface area contributed by atoms with Crippen LogP contribution in [0.4, 0.5) is 0 Å². The van der Waals surface area contributed by atoms with Gasteiger partial charge in [0.15, 0.2) is 17.5 Å². The van der Waals surface area contributed by atoms with Gasteiger partial charge in [0.2, 0.25) is 0 Å². The highest BCUT2D eigenvalue weighted by Gasteiger charge is 2.25. The Balaban J connectivity index is 1.01. The molecule has 0 aliphatic carbocycles. The number of fused-ring (bicyclic) bond motifs is 11. The zero-order valence-electron chi connectivity index (χ0n) is 33.4. The molecule has 288 valence electrons. The second-order valence-electron chi connectivity index (χ2n) is 16.0. The largest absolute Gasteiger partial charge is 0.309 e. The summed E-state index contributed by atoms with van der Waals surface area (Å²) in [6.07, 6.45) is 0. The van der Waals surface area contributed by atoms with E-state index in [9.17, 15) is 0 Å². The van der Waals surface area contributed by atoms with Gasteiger partial charge in [0.05, 0.1) is 27.8 Å². The molecule has 1 aliphatic rings. The number of hydrogen-bond acceptors (Lipinski definition) is 3. The first kappa shape index (κ1) is 34.5. The lowest BCUT2D eigenvalue weighted by Gasteiger charge is -2.13. The number of hydrogen-bond donors (Lipinski definition) is 0. The molecule has 3 aromatic heterocycles. The third-order valence-corrected chi connectivity index (χ3v) is 12.5. The van der Waals surface area contributed by atoms with E-state index in [0.29, 0.717) is 17.5 Å². The number of rotatable bonds is 5. The summed E-state index contributed by atoms with van der Waals surface area (Å²) in [7, 11) is 0. The predicted molar refractivity (Wildman–Crippen MR) is 255 cm³/mol. The maximum atomic E-state index is 5.16. The van der Waals surface area contributed by atoms with E-state index in [-0.39, 0.29) is 0 Å². The molecule has 5 heteroatoms. The Morgan fingerprint density at radius 3 is 1.52 bits per heavy atom. The third-order valence-electron chi connectivity index (χ3n) is 12.5. The van der Waals surface area contributed by atoms with Crippen molar-refractivity contribution in [1.82, 2.24) is 24.1 Å². The van der Waals surface area contributed by atoms with Gasteiger partial charge in [0.25, 0.3) is 0 Å². The van der Waals surface area contributed by atoms with Gasteiger partial charge in [-0.2, -0.15) is 0 Å². The maximum Gasteiger partial charge on any atom is 0.164 e. The van der Waals surface area contributed by atoms with E-state index in [2.05, 4.69) is 197 Å². The molecule has 62 heavy (non-hydrogen) atoms. The number of benzene rings is 9. The fraction of sp³-hybridized carbons (Fsp3) is 0. The van der Waals surface area contributed by atoms with Crippen molar-refractivity contribution in [2.45, 2.75) is 0 Å². The van der Waals surface area contributed by atoms with E-state index in [1.165, 1.54) is 66.1 Å². The Kier molecular flexibility index (Phi) is 7.54. The summed E-state index contributed by atoms with van der Waals surface area (Å²) in [5, 5.41) is 4.85. The molecular weight excluding hydrogens is 755 g/mol. The molecule has 1 aliphatic heterocycles. The highest BCUT2D eigenvalue weighted by molar-refractivity contribution is 6.22. The van der Waals surface area contributed by atoms with Gasteiger partial charge >= 0.3 is 0 Å². The summed E-state index contributed by atoms with van der Waals surface area (Å²) in [6.45, 7) is 0. The fourth-order valence-corrected chi connectivity index (χ4v) is 9.70. The molecule has 0 bridgehead atoms. The van der Waals surface area contributed by atoms with Crippen LogP contribution in [0.2, 0.25) is 0 Å². The lowest BCUT2D eigenvalue weighted by atomic mass is 9.94. The molecule has 12 aromatic rings. The zero-order chi connectivity index (χ0) is 40.7. The number of nitrogens with zero attached hydrogens (tertiary/aromatic N) is 5. The molecule has 0 spiro atoms. The monoisotopic (exact) mass is 789 g/mol. The van der Waals surface area contributed by atoms with Crippen LogP contribution in [0.1, 0.15) is 0 Å². The fourth-order valence-electron chi connectivity index (χ4n) is 9.70. The van der Waals surface area contributed by atoms with Crippen LogP contribution in [-0.2, 0) is 0 Å². The second-order valence-corrected chi connectivity index (χ2v) is 16.0. The van der Waals surface area contributed by atoms with Crippen molar-refractivity contribution in [2.24, 2.45) is 0 Å². The van der Waals surface area contributed by atoms with Crippen LogP contribution in [0.25, 0.3) is 123 Å². The molecule has 4 heterocycles. The molecule has 0 atom stereocenters. The van der Waals surface area contributed by atoms with Crippen molar-refractivity contribution < 1.29 is 0 Å². The lowest BCUT2D eigenvalue weighted by molar-refractivity contribution is 1.07. The molecule has 0 saturated carbocycles. The van der Waals surface area contributed by atoms with Crippen molar-refractivity contribution >= 4 is 43.6 Å². The minimum atomic E-state index is 0.620. The van der Waals surface area contributed by atoms with Crippen molar-refractivity contribution in [2.75, 3.05) is 0 Å². The average molecular weight is 790 g/mol. The molecule has 0 fully saturated rings. The van der Waals surface area contributed by atoms with Gasteiger partial charge in [0.1, 0.15) is 0 Å². The summed E-state index contributed by atoms with van der Waals surface area (Å²) in [4.78, 5) is 15.3. The first-order chi connectivity index (χ1) is 30.7. The van der Waals surface area contributed by atoms with Gasteiger partial charge in [-0.1, -0.05) is 176 Å². The third kappa shape index (κ3) is 5.25. The number of aromatic nitrogens is 5. The molecule has 0 unspecified atom stereocenters. The molecule has 0 radical (unpaired) electrons. The topological polar surface area (TPSA) is 48.5 Å². The van der Waals surface area contributed by atoms with Crippen molar-refractivity contribution in [3.05, 3.63) is 212 Å². The van der Waals surface area contributed by atoms with Crippen LogP contribution in [-0.4, -0.2) is 24.1 Å². The van der Waals surface area contributed by atoms with Crippen LogP contribution in [0.3, 0.4) is 0 Å². The van der Waals surface area contributed by atoms with E-state index >= 15 is 0 Å². The van der Waals surface area contributed by atoms with Crippen LogP contribution in [0.15, 0.2) is 212 Å². The van der Waals surface area contributed by atoms with Crippen LogP contribution < -0.4 is 0 Å². The van der Waals surface area contributed by atoms with Gasteiger partial charge < -0.3 is 9.13 Å². The van der Waals surface area contributed by atoms with Crippen LogP contribution >= 0.6 is 0 Å². The average Bonchev–Trinajstić information content (AvgIpc) is 3.81. The zero-order valence-corrected chi connectivity index (χ0v) is 33.4. The van der Waals surface area contributed by atoms with Crippen LogP contribution in [0, 0.1) is 0 Å². The molecular formula is C57H35N5. The maximum absolute atomic E-state index is 5.16. The van der Waals surface area contributed by atoms with Crippen molar-refractivity contribution in [3.8, 4) is 78.9 Å². The van der Waals surface area contributed by atoms with Crippen molar-refractivity contribution in [3.63, 3.8) is 0 Å². The van der Waals surface area contributed by atoms with E-state index in [0.717, 1.165) is 39.0 Å². The minimum Gasteiger partial charge on any atom is -0.309 e. The van der Waals surface area contributed by atoms with Gasteiger partial charge in [-0.3, -0.25) is 0 Å². The Morgan fingerprint density at radius 1 is 0.274 bits per heavy atom. The normalized spacial score (nSPS) is 11.9. The van der Waals surface area contributed by atoms with E-state index in [4.69, 9.17) is 15.0 Å².